The van der Waals surface area contributed by atoms with E-state index in [4.69, 9.17) is 0 Å². The number of nitrogens with zero attached hydrogens (tertiary/aromatic N) is 1. The Morgan fingerprint density at radius 2 is 2.33 bits per heavy atom. The van der Waals surface area contributed by atoms with Gasteiger partial charge in [-0.2, -0.15) is 11.8 Å². The van der Waals surface area contributed by atoms with Gasteiger partial charge in [0.25, 0.3) is 0 Å². The van der Waals surface area contributed by atoms with E-state index in [2.05, 4.69) is 11.2 Å². The summed E-state index contributed by atoms with van der Waals surface area (Å²) in [4.78, 5) is 2.41. The van der Waals surface area contributed by atoms with Crippen LogP contribution < -0.4 is 0 Å². The Labute approximate surface area is 78.3 Å². The van der Waals surface area contributed by atoms with E-state index < -0.39 is 0 Å². The van der Waals surface area contributed by atoms with Crippen LogP contribution in [0.25, 0.3) is 0 Å². The van der Waals surface area contributed by atoms with Crippen molar-refractivity contribution in [3.8, 4) is 0 Å². The lowest BCUT2D eigenvalue weighted by molar-refractivity contribution is 0.176. The lowest BCUT2D eigenvalue weighted by Gasteiger charge is -2.21. The molecule has 0 aromatic rings. The number of thioether (sulfide) groups is 1. The van der Waals surface area contributed by atoms with Gasteiger partial charge in [-0.25, -0.2) is 0 Å². The smallest absolute Gasteiger partial charge is 0.0679 e. The molecule has 1 atom stereocenters. The molecule has 1 heterocycles. The number of β-amino-alcohol motifs (C(OH)–C–C–N with tert-alkyl or cyclic N) is 1. The largest absolute Gasteiger partial charge is 0.392 e. The Bertz CT molecular complexity index is 170. The summed E-state index contributed by atoms with van der Waals surface area (Å²) in [7, 11) is 0. The predicted octanol–water partition coefficient (Wildman–Crippen LogP) is 0.949. The lowest BCUT2D eigenvalue weighted by Crippen LogP contribution is -2.30. The van der Waals surface area contributed by atoms with Crippen LogP contribution in [0.3, 0.4) is 0 Å². The first-order chi connectivity index (χ1) is 5.74. The fourth-order valence-electron chi connectivity index (χ4n) is 1.93. The summed E-state index contributed by atoms with van der Waals surface area (Å²) in [6, 6.07) is 0. The van der Waals surface area contributed by atoms with E-state index in [-0.39, 0.29) is 6.10 Å². The minimum Gasteiger partial charge on any atom is -0.392 e. The molecule has 1 saturated carbocycles. The molecule has 0 unspecified atom stereocenters. The van der Waals surface area contributed by atoms with Crippen LogP contribution in [0.4, 0.5) is 0 Å². The van der Waals surface area contributed by atoms with Crippen molar-refractivity contribution in [1.82, 2.24) is 4.90 Å². The molecule has 0 spiro atoms. The van der Waals surface area contributed by atoms with Crippen LogP contribution in [0.2, 0.25) is 0 Å². The third-order valence-electron chi connectivity index (χ3n) is 3.00. The minimum atomic E-state index is -0.0531. The summed E-state index contributed by atoms with van der Waals surface area (Å²) in [6.07, 6.45) is 5.88. The van der Waals surface area contributed by atoms with Crippen molar-refractivity contribution in [2.24, 2.45) is 0 Å². The van der Waals surface area contributed by atoms with Crippen molar-refractivity contribution in [2.75, 3.05) is 25.9 Å². The molecule has 1 saturated heterocycles. The maximum atomic E-state index is 9.34. The van der Waals surface area contributed by atoms with Crippen molar-refractivity contribution in [1.29, 1.82) is 0 Å². The van der Waals surface area contributed by atoms with Gasteiger partial charge in [0.1, 0.15) is 0 Å². The highest BCUT2D eigenvalue weighted by molar-refractivity contribution is 8.00. The van der Waals surface area contributed by atoms with Crippen molar-refractivity contribution in [3.05, 3.63) is 0 Å². The van der Waals surface area contributed by atoms with E-state index >= 15 is 0 Å². The normalized spacial score (nSPS) is 34.0. The van der Waals surface area contributed by atoms with Gasteiger partial charge in [0.15, 0.2) is 0 Å². The average Bonchev–Trinajstić information content (AvgIpc) is 2.71. The number of hydrogen-bond acceptors (Lipinski definition) is 3. The molecule has 2 fully saturated rings. The average molecular weight is 187 g/mol. The number of likely N-dealkylation sites (tertiary alicyclic amines) is 1. The van der Waals surface area contributed by atoms with E-state index in [1.165, 1.54) is 19.4 Å². The molecule has 2 rings (SSSR count). The number of hydrogen-bond donors (Lipinski definition) is 1. The first-order valence-corrected chi connectivity index (χ1v) is 5.92. The van der Waals surface area contributed by atoms with Crippen molar-refractivity contribution in [2.45, 2.75) is 30.1 Å². The molecule has 3 heteroatoms. The van der Waals surface area contributed by atoms with Gasteiger partial charge in [0.2, 0.25) is 0 Å². The SMILES string of the molecule is CSC1(CN2CC[C@H](O)C2)CC1. The molecule has 0 radical (unpaired) electrons. The zero-order valence-electron chi connectivity index (χ0n) is 7.62. The highest BCUT2D eigenvalue weighted by Crippen LogP contribution is 2.47. The Morgan fingerprint density at radius 1 is 1.58 bits per heavy atom. The second-order valence-corrected chi connectivity index (χ2v) is 5.34. The molecule has 0 bridgehead atoms. The maximum absolute atomic E-state index is 9.34. The Hall–Kier alpha value is 0.270. The summed E-state index contributed by atoms with van der Waals surface area (Å²) in [5.74, 6) is 0. The van der Waals surface area contributed by atoms with Crippen LogP contribution in [0.1, 0.15) is 19.3 Å². The van der Waals surface area contributed by atoms with Gasteiger partial charge in [-0.1, -0.05) is 0 Å². The quantitative estimate of drug-likeness (QED) is 0.711. The highest BCUT2D eigenvalue weighted by atomic mass is 32.2. The lowest BCUT2D eigenvalue weighted by atomic mass is 10.3. The van der Waals surface area contributed by atoms with Crippen molar-refractivity contribution < 1.29 is 5.11 Å². The molecular formula is C9H17NOS. The molecule has 0 aromatic carbocycles. The number of rotatable bonds is 3. The fourth-order valence-corrected chi connectivity index (χ4v) is 2.75. The monoisotopic (exact) mass is 187 g/mol. The summed E-state index contributed by atoms with van der Waals surface area (Å²) in [5.41, 5.74) is 0. The van der Waals surface area contributed by atoms with Gasteiger partial charge < -0.3 is 5.11 Å². The fraction of sp³-hybridized carbons (Fsp3) is 1.00. The van der Waals surface area contributed by atoms with Crippen LogP contribution in [0.15, 0.2) is 0 Å². The summed E-state index contributed by atoms with van der Waals surface area (Å²) >= 11 is 2.00. The zero-order valence-corrected chi connectivity index (χ0v) is 8.44. The van der Waals surface area contributed by atoms with E-state index in [0.29, 0.717) is 4.75 Å². The van der Waals surface area contributed by atoms with Crippen LogP contribution in [-0.4, -0.2) is 46.7 Å². The van der Waals surface area contributed by atoms with E-state index in [1.807, 2.05) is 11.8 Å². The van der Waals surface area contributed by atoms with Crippen LogP contribution in [-0.2, 0) is 0 Å². The van der Waals surface area contributed by atoms with Crippen LogP contribution in [0, 0.1) is 0 Å². The number of aliphatic hydroxyl groups excluding tert-OH is 1. The molecule has 2 aliphatic rings. The van der Waals surface area contributed by atoms with Crippen LogP contribution in [0.5, 0.6) is 0 Å². The highest BCUT2D eigenvalue weighted by Gasteiger charge is 2.43. The van der Waals surface area contributed by atoms with Gasteiger partial charge in [0.05, 0.1) is 6.10 Å². The molecule has 1 aliphatic carbocycles. The predicted molar refractivity (Wildman–Crippen MR) is 52.5 cm³/mol. The molecule has 0 aromatic heterocycles. The van der Waals surface area contributed by atoms with Crippen LogP contribution >= 0.6 is 11.8 Å². The zero-order chi connectivity index (χ0) is 8.60. The van der Waals surface area contributed by atoms with Crippen molar-refractivity contribution in [3.63, 3.8) is 0 Å². The third kappa shape index (κ3) is 1.78. The minimum absolute atomic E-state index is 0.0531. The Kier molecular flexibility index (Phi) is 2.36. The summed E-state index contributed by atoms with van der Waals surface area (Å²) in [5, 5.41) is 9.34. The molecule has 2 nitrogen and oxygen atoms in total. The second kappa shape index (κ2) is 3.20. The van der Waals surface area contributed by atoms with Crippen molar-refractivity contribution >= 4 is 11.8 Å². The summed E-state index contributed by atoms with van der Waals surface area (Å²) < 4.78 is 0.573. The summed E-state index contributed by atoms with van der Waals surface area (Å²) in [6.45, 7) is 3.21. The molecule has 1 aliphatic heterocycles. The standard InChI is InChI=1S/C9H17NOS/c1-12-9(3-4-9)7-10-5-2-8(11)6-10/h8,11H,2-7H2,1H3/t8-/m0/s1. The van der Waals surface area contributed by atoms with Gasteiger partial charge in [0, 0.05) is 24.4 Å². The van der Waals surface area contributed by atoms with Gasteiger partial charge >= 0.3 is 0 Å². The second-order valence-electron chi connectivity index (χ2n) is 4.06. The van der Waals surface area contributed by atoms with E-state index in [0.717, 1.165) is 19.5 Å². The third-order valence-corrected chi connectivity index (χ3v) is 4.40. The van der Waals surface area contributed by atoms with E-state index in [1.54, 1.807) is 0 Å². The molecular weight excluding hydrogens is 170 g/mol. The van der Waals surface area contributed by atoms with Gasteiger partial charge in [-0.3, -0.25) is 4.90 Å². The van der Waals surface area contributed by atoms with E-state index in [9.17, 15) is 5.11 Å². The molecule has 0 amide bonds. The topological polar surface area (TPSA) is 23.5 Å². The first-order valence-electron chi connectivity index (χ1n) is 4.70. The molecule has 70 valence electrons. The van der Waals surface area contributed by atoms with Gasteiger partial charge in [-0.05, 0) is 25.5 Å². The molecule has 1 N–H and O–H groups in total. The Balaban J connectivity index is 1.80. The Morgan fingerprint density at radius 3 is 2.75 bits per heavy atom. The maximum Gasteiger partial charge on any atom is 0.0679 e. The number of aliphatic hydroxyl groups is 1. The first kappa shape index (κ1) is 8.85. The van der Waals surface area contributed by atoms with Gasteiger partial charge in [-0.15, -0.1) is 0 Å². The molecule has 12 heavy (non-hydrogen) atoms.